The van der Waals surface area contributed by atoms with E-state index in [0.717, 1.165) is 23.7 Å². The lowest BCUT2D eigenvalue weighted by Crippen LogP contribution is -2.15. The van der Waals surface area contributed by atoms with Crippen LogP contribution in [0.4, 0.5) is 0 Å². The van der Waals surface area contributed by atoms with Gasteiger partial charge in [-0.25, -0.2) is 0 Å². The lowest BCUT2D eigenvalue weighted by atomic mass is 9.90. The van der Waals surface area contributed by atoms with Crippen LogP contribution in [-0.2, 0) is 0 Å². The highest BCUT2D eigenvalue weighted by atomic mass is 16.5. The minimum absolute atomic E-state index is 0.347. The van der Waals surface area contributed by atoms with Gasteiger partial charge in [-0.2, -0.15) is 0 Å². The second kappa shape index (κ2) is 7.81. The van der Waals surface area contributed by atoms with Gasteiger partial charge in [-0.3, -0.25) is 0 Å². The number of hydrogen-bond donors (Lipinski definition) is 1. The Hall–Kier alpha value is -1.66. The zero-order valence-electron chi connectivity index (χ0n) is 12.2. The third-order valence-corrected chi connectivity index (χ3v) is 3.71. The maximum Gasteiger partial charge on any atom is 0.135 e. The molecule has 108 valence electrons. The summed E-state index contributed by atoms with van der Waals surface area (Å²) in [7, 11) is 1.65. The standard InChI is InChI=1S/C17H23NO2/c1-19-16-9-10-17(15(12-16)8-5-11-18)20-13-14-6-3-2-4-7-14/h9-10,12,14H,2-4,6-7,11,13,18H2,1H3. The molecule has 2 N–H and O–H groups in total. The largest absolute Gasteiger partial charge is 0.497 e. The van der Waals surface area contributed by atoms with E-state index in [1.165, 1.54) is 32.1 Å². The molecule has 0 aromatic heterocycles. The molecule has 3 heteroatoms. The number of hydrogen-bond acceptors (Lipinski definition) is 3. The molecule has 0 radical (unpaired) electrons. The molecule has 1 aromatic carbocycles. The molecule has 0 spiro atoms. The van der Waals surface area contributed by atoms with Gasteiger partial charge in [-0.15, -0.1) is 0 Å². The van der Waals surface area contributed by atoms with Crippen LogP contribution in [-0.4, -0.2) is 20.3 Å². The van der Waals surface area contributed by atoms with E-state index in [9.17, 15) is 0 Å². The molecule has 0 atom stereocenters. The van der Waals surface area contributed by atoms with Crippen molar-refractivity contribution in [2.45, 2.75) is 32.1 Å². The quantitative estimate of drug-likeness (QED) is 0.858. The maximum absolute atomic E-state index is 5.97. The first kappa shape index (κ1) is 14.7. The molecular formula is C17H23NO2. The van der Waals surface area contributed by atoms with Gasteiger partial charge in [-0.05, 0) is 37.0 Å². The predicted molar refractivity (Wildman–Crippen MR) is 81.0 cm³/mol. The van der Waals surface area contributed by atoms with Crippen LogP contribution < -0.4 is 15.2 Å². The van der Waals surface area contributed by atoms with E-state index in [2.05, 4.69) is 11.8 Å². The number of ether oxygens (including phenoxy) is 2. The topological polar surface area (TPSA) is 44.5 Å². The van der Waals surface area contributed by atoms with Crippen molar-refractivity contribution in [2.75, 3.05) is 20.3 Å². The molecule has 0 bridgehead atoms. The van der Waals surface area contributed by atoms with Crippen molar-refractivity contribution in [3.8, 4) is 23.3 Å². The Morgan fingerprint density at radius 3 is 2.75 bits per heavy atom. The molecule has 0 saturated heterocycles. The monoisotopic (exact) mass is 273 g/mol. The van der Waals surface area contributed by atoms with Gasteiger partial charge in [0.25, 0.3) is 0 Å². The van der Waals surface area contributed by atoms with E-state index in [4.69, 9.17) is 15.2 Å². The molecule has 0 unspecified atom stereocenters. The van der Waals surface area contributed by atoms with Crippen LogP contribution in [0.5, 0.6) is 11.5 Å². The van der Waals surface area contributed by atoms with Crippen molar-refractivity contribution in [3.05, 3.63) is 23.8 Å². The van der Waals surface area contributed by atoms with Crippen LogP contribution >= 0.6 is 0 Å². The van der Waals surface area contributed by atoms with Crippen LogP contribution in [0.3, 0.4) is 0 Å². The molecule has 2 rings (SSSR count). The highest BCUT2D eigenvalue weighted by Crippen LogP contribution is 2.27. The summed E-state index contributed by atoms with van der Waals surface area (Å²) in [4.78, 5) is 0. The summed E-state index contributed by atoms with van der Waals surface area (Å²) in [6, 6.07) is 5.74. The summed E-state index contributed by atoms with van der Waals surface area (Å²) in [5, 5.41) is 0. The van der Waals surface area contributed by atoms with Gasteiger partial charge in [0.2, 0.25) is 0 Å². The molecule has 1 aromatic rings. The van der Waals surface area contributed by atoms with Crippen molar-refractivity contribution in [1.82, 2.24) is 0 Å². The molecule has 0 amide bonds. The molecule has 1 aliphatic rings. The number of nitrogens with two attached hydrogens (primary N) is 1. The average Bonchev–Trinajstić information content (AvgIpc) is 2.52. The first-order chi connectivity index (χ1) is 9.83. The van der Waals surface area contributed by atoms with Gasteiger partial charge >= 0.3 is 0 Å². The van der Waals surface area contributed by atoms with Crippen LogP contribution in [0.15, 0.2) is 18.2 Å². The van der Waals surface area contributed by atoms with Crippen LogP contribution in [0.1, 0.15) is 37.7 Å². The summed E-state index contributed by atoms with van der Waals surface area (Å²) in [6.45, 7) is 1.13. The second-order valence-corrected chi connectivity index (χ2v) is 5.18. The Morgan fingerprint density at radius 2 is 2.05 bits per heavy atom. The third-order valence-electron chi connectivity index (χ3n) is 3.71. The van der Waals surface area contributed by atoms with Crippen molar-refractivity contribution in [2.24, 2.45) is 11.7 Å². The third kappa shape index (κ3) is 4.18. The molecule has 1 aliphatic carbocycles. The molecule has 0 aliphatic heterocycles. The SMILES string of the molecule is COc1ccc(OCC2CCCCC2)c(C#CCN)c1. The fraction of sp³-hybridized carbons (Fsp3) is 0.529. The summed E-state index contributed by atoms with van der Waals surface area (Å²) >= 11 is 0. The van der Waals surface area contributed by atoms with Crippen LogP contribution in [0.25, 0.3) is 0 Å². The smallest absolute Gasteiger partial charge is 0.135 e. The van der Waals surface area contributed by atoms with Gasteiger partial charge < -0.3 is 15.2 Å². The van der Waals surface area contributed by atoms with Crippen molar-refractivity contribution in [1.29, 1.82) is 0 Å². The van der Waals surface area contributed by atoms with E-state index in [-0.39, 0.29) is 0 Å². The first-order valence-electron chi connectivity index (χ1n) is 7.33. The van der Waals surface area contributed by atoms with Gasteiger partial charge in [0.05, 0.1) is 25.8 Å². The fourth-order valence-corrected chi connectivity index (χ4v) is 2.57. The fourth-order valence-electron chi connectivity index (χ4n) is 2.57. The Morgan fingerprint density at radius 1 is 1.25 bits per heavy atom. The number of methoxy groups -OCH3 is 1. The van der Waals surface area contributed by atoms with Gasteiger partial charge in [0.15, 0.2) is 0 Å². The molecule has 1 saturated carbocycles. The maximum atomic E-state index is 5.97. The van der Waals surface area contributed by atoms with E-state index in [0.29, 0.717) is 12.5 Å². The van der Waals surface area contributed by atoms with E-state index in [1.807, 2.05) is 18.2 Å². The second-order valence-electron chi connectivity index (χ2n) is 5.18. The van der Waals surface area contributed by atoms with Gasteiger partial charge in [-0.1, -0.05) is 31.1 Å². The number of benzene rings is 1. The summed E-state index contributed by atoms with van der Waals surface area (Å²) in [5.41, 5.74) is 6.29. The molecule has 3 nitrogen and oxygen atoms in total. The highest BCUT2D eigenvalue weighted by Gasteiger charge is 2.14. The lowest BCUT2D eigenvalue weighted by Gasteiger charge is -2.22. The minimum atomic E-state index is 0.347. The average molecular weight is 273 g/mol. The Labute approximate surface area is 121 Å². The zero-order valence-corrected chi connectivity index (χ0v) is 12.2. The van der Waals surface area contributed by atoms with Crippen molar-refractivity contribution >= 4 is 0 Å². The molecule has 0 heterocycles. The van der Waals surface area contributed by atoms with E-state index in [1.54, 1.807) is 7.11 Å². The van der Waals surface area contributed by atoms with Crippen LogP contribution in [0, 0.1) is 17.8 Å². The van der Waals surface area contributed by atoms with E-state index >= 15 is 0 Å². The van der Waals surface area contributed by atoms with Crippen LogP contribution in [0.2, 0.25) is 0 Å². The van der Waals surface area contributed by atoms with Crippen molar-refractivity contribution < 1.29 is 9.47 Å². The minimum Gasteiger partial charge on any atom is -0.497 e. The lowest BCUT2D eigenvalue weighted by molar-refractivity contribution is 0.208. The summed E-state index contributed by atoms with van der Waals surface area (Å²) in [5.74, 6) is 8.23. The summed E-state index contributed by atoms with van der Waals surface area (Å²) in [6.07, 6.45) is 6.58. The highest BCUT2D eigenvalue weighted by molar-refractivity contribution is 5.50. The molecular weight excluding hydrogens is 250 g/mol. The molecule has 20 heavy (non-hydrogen) atoms. The van der Waals surface area contributed by atoms with Crippen molar-refractivity contribution in [3.63, 3.8) is 0 Å². The Kier molecular flexibility index (Phi) is 5.76. The zero-order chi connectivity index (χ0) is 14.2. The van der Waals surface area contributed by atoms with Gasteiger partial charge in [0.1, 0.15) is 11.5 Å². The summed E-state index contributed by atoms with van der Waals surface area (Å²) < 4.78 is 11.2. The Balaban J connectivity index is 2.05. The first-order valence-corrected chi connectivity index (χ1v) is 7.33. The van der Waals surface area contributed by atoms with E-state index < -0.39 is 0 Å². The molecule has 1 fully saturated rings. The predicted octanol–water partition coefficient (Wildman–Crippen LogP) is 2.96. The Bertz CT molecular complexity index is 481. The number of rotatable bonds is 4. The van der Waals surface area contributed by atoms with Gasteiger partial charge in [0, 0.05) is 0 Å². The normalized spacial score (nSPS) is 15.3.